The molecular weight excluding hydrogens is 488 g/mol. The van der Waals surface area contributed by atoms with Crippen molar-refractivity contribution in [2.24, 2.45) is 5.16 Å². The molecule has 0 bridgehead atoms. The fraction of sp³-hybridized carbons (Fsp3) is 0.333. The van der Waals surface area contributed by atoms with Gasteiger partial charge in [0.05, 0.1) is 5.71 Å². The van der Waals surface area contributed by atoms with Gasteiger partial charge < -0.3 is 14.7 Å². The van der Waals surface area contributed by atoms with Crippen molar-refractivity contribution in [1.82, 2.24) is 5.32 Å². The molecule has 1 amide bonds. The van der Waals surface area contributed by atoms with Gasteiger partial charge in [-0.25, -0.2) is 0 Å². The highest BCUT2D eigenvalue weighted by molar-refractivity contribution is 7.92. The van der Waals surface area contributed by atoms with Crippen LogP contribution in [0, 0.1) is 6.92 Å². The van der Waals surface area contributed by atoms with Gasteiger partial charge in [0, 0.05) is 27.6 Å². The number of rotatable bonds is 4. The molecule has 0 spiro atoms. The van der Waals surface area contributed by atoms with E-state index in [9.17, 15) is 22.5 Å². The number of oxime groups is 1. The summed E-state index contributed by atoms with van der Waals surface area (Å²) < 4.78 is 53.6. The molecule has 2 heterocycles. The zero-order valence-electron chi connectivity index (χ0n) is 16.6. The number of nitrogens with zero attached hydrogens (tertiary/aromatic N) is 1. The Morgan fingerprint density at radius 3 is 2.44 bits per heavy atom. The fourth-order valence-electron chi connectivity index (χ4n) is 3.69. The molecule has 2 aromatic carbocycles. The molecule has 0 radical (unpaired) electrons. The van der Waals surface area contributed by atoms with Crippen LogP contribution in [0.3, 0.4) is 0 Å². The van der Waals surface area contributed by atoms with Crippen molar-refractivity contribution < 1.29 is 27.4 Å². The smallest absolute Gasteiger partial charge is 0.435 e. The molecule has 11 heteroatoms. The van der Waals surface area contributed by atoms with Gasteiger partial charge in [-0.15, -0.1) is 0 Å². The summed E-state index contributed by atoms with van der Waals surface area (Å²) in [6, 6.07) is 8.17. The zero-order chi connectivity index (χ0) is 23.3. The summed E-state index contributed by atoms with van der Waals surface area (Å²) in [6.07, 6.45) is -5.37. The second-order valence-corrected chi connectivity index (χ2v) is 10.2. The predicted molar refractivity (Wildman–Crippen MR) is 117 cm³/mol. The highest BCUT2D eigenvalue weighted by atomic mass is 35.5. The summed E-state index contributed by atoms with van der Waals surface area (Å²) in [6.45, 7) is 1.68. The van der Waals surface area contributed by atoms with Crippen molar-refractivity contribution in [3.05, 3.63) is 68.7 Å². The Balaban J connectivity index is 1.58. The van der Waals surface area contributed by atoms with Crippen LogP contribution in [-0.2, 0) is 21.6 Å². The van der Waals surface area contributed by atoms with Crippen LogP contribution in [-0.4, -0.2) is 39.9 Å². The highest BCUT2D eigenvalue weighted by Gasteiger charge is 2.62. The van der Waals surface area contributed by atoms with Crippen LogP contribution in [0.4, 0.5) is 13.2 Å². The quantitative estimate of drug-likeness (QED) is 0.610. The van der Waals surface area contributed by atoms with Crippen LogP contribution in [0.1, 0.15) is 33.5 Å². The maximum absolute atomic E-state index is 14.1. The number of hydrogen-bond donors (Lipinski definition) is 1. The lowest BCUT2D eigenvalue weighted by Gasteiger charge is -2.29. The van der Waals surface area contributed by atoms with E-state index in [-0.39, 0.29) is 33.3 Å². The third kappa shape index (κ3) is 4.31. The number of benzene rings is 2. The lowest BCUT2D eigenvalue weighted by molar-refractivity contribution is -0.275. The SMILES string of the molecule is Cc1cc(C2=NO[C@](c3cc(Cl)cc(Cl)c3)(C(F)(F)F)C2)ccc1C(=O)N[C@H]1C[S@+]([O-])C1. The summed E-state index contributed by atoms with van der Waals surface area (Å²) >= 11 is 10.9. The van der Waals surface area contributed by atoms with Crippen LogP contribution >= 0.6 is 23.2 Å². The Morgan fingerprint density at radius 2 is 1.88 bits per heavy atom. The molecule has 0 aliphatic carbocycles. The third-order valence-corrected chi connectivity index (χ3v) is 7.41. The van der Waals surface area contributed by atoms with Gasteiger partial charge in [-0.1, -0.05) is 34.4 Å². The molecule has 170 valence electrons. The van der Waals surface area contributed by atoms with E-state index in [0.29, 0.717) is 28.2 Å². The van der Waals surface area contributed by atoms with Gasteiger partial charge in [0.25, 0.3) is 11.5 Å². The van der Waals surface area contributed by atoms with E-state index in [2.05, 4.69) is 10.5 Å². The number of aryl methyl sites for hydroxylation is 1. The molecule has 1 N–H and O–H groups in total. The Hall–Kier alpha value is -1.94. The molecule has 1 saturated heterocycles. The lowest BCUT2D eigenvalue weighted by Crippen LogP contribution is -2.53. The first kappa shape index (κ1) is 23.2. The molecule has 1 fully saturated rings. The molecule has 2 aromatic rings. The second kappa shape index (κ2) is 8.44. The van der Waals surface area contributed by atoms with E-state index >= 15 is 0 Å². The lowest BCUT2D eigenvalue weighted by atomic mass is 9.86. The number of carbonyl (C=O) groups excluding carboxylic acids is 1. The van der Waals surface area contributed by atoms with Gasteiger partial charge >= 0.3 is 6.18 Å². The maximum atomic E-state index is 14.1. The molecular formula is C21H17Cl2F3N2O3S. The Morgan fingerprint density at radius 1 is 1.22 bits per heavy atom. The zero-order valence-corrected chi connectivity index (χ0v) is 19.0. The van der Waals surface area contributed by atoms with E-state index in [1.54, 1.807) is 13.0 Å². The topological polar surface area (TPSA) is 73.8 Å². The van der Waals surface area contributed by atoms with Crippen molar-refractivity contribution >= 4 is 46.0 Å². The number of hydrogen-bond acceptors (Lipinski definition) is 4. The number of amides is 1. The van der Waals surface area contributed by atoms with E-state index in [1.165, 1.54) is 18.2 Å². The minimum Gasteiger partial charge on any atom is -0.616 e. The monoisotopic (exact) mass is 504 g/mol. The normalized spacial score (nSPS) is 25.0. The first-order chi connectivity index (χ1) is 15.0. The Kier molecular flexibility index (Phi) is 6.13. The van der Waals surface area contributed by atoms with Crippen LogP contribution in [0.2, 0.25) is 10.0 Å². The minimum absolute atomic E-state index is 0.0506. The van der Waals surface area contributed by atoms with Gasteiger partial charge in [-0.3, -0.25) is 4.79 Å². The summed E-state index contributed by atoms with van der Waals surface area (Å²) in [4.78, 5) is 17.5. The van der Waals surface area contributed by atoms with Gasteiger partial charge in [-0.2, -0.15) is 13.2 Å². The number of carbonyl (C=O) groups is 1. The molecule has 2 aliphatic rings. The summed E-state index contributed by atoms with van der Waals surface area (Å²) in [5.74, 6) is 0.521. The number of halogens is 5. The van der Waals surface area contributed by atoms with Crippen LogP contribution in [0.5, 0.6) is 0 Å². The molecule has 0 unspecified atom stereocenters. The molecule has 5 nitrogen and oxygen atoms in total. The highest BCUT2D eigenvalue weighted by Crippen LogP contribution is 2.49. The summed E-state index contributed by atoms with van der Waals surface area (Å²) in [7, 11) is 0. The van der Waals surface area contributed by atoms with Gasteiger partial charge in [-0.05, 0) is 59.6 Å². The first-order valence-corrected chi connectivity index (χ1v) is 11.8. The van der Waals surface area contributed by atoms with Crippen LogP contribution in [0.25, 0.3) is 0 Å². The minimum atomic E-state index is -4.79. The third-order valence-electron chi connectivity index (χ3n) is 5.43. The van der Waals surface area contributed by atoms with E-state index in [4.69, 9.17) is 28.0 Å². The maximum Gasteiger partial charge on any atom is 0.435 e. The average molecular weight is 505 g/mol. The van der Waals surface area contributed by atoms with E-state index < -0.39 is 29.4 Å². The van der Waals surface area contributed by atoms with E-state index in [0.717, 1.165) is 12.1 Å². The molecule has 1 atom stereocenters. The molecule has 0 saturated carbocycles. The van der Waals surface area contributed by atoms with Crippen LogP contribution < -0.4 is 5.32 Å². The van der Waals surface area contributed by atoms with Gasteiger partial charge in [0.15, 0.2) is 0 Å². The van der Waals surface area contributed by atoms with Crippen molar-refractivity contribution in [3.8, 4) is 0 Å². The molecule has 2 aliphatic heterocycles. The Bertz CT molecular complexity index is 1090. The average Bonchev–Trinajstić information content (AvgIpc) is 3.12. The standard InChI is InChI=1S/C21H17Cl2F3N2O3S/c1-11-4-12(2-3-17(11)19(29)27-16-9-32(30)10-16)18-8-20(31-28-18,21(24,25)26)13-5-14(22)7-15(23)6-13/h2-7,16H,8-10H2,1H3,(H,27,29)/t16-,20-,32-/m1/s1. The molecule has 32 heavy (non-hydrogen) atoms. The van der Waals surface area contributed by atoms with Crippen LogP contribution in [0.15, 0.2) is 41.6 Å². The van der Waals surface area contributed by atoms with Crippen molar-refractivity contribution in [2.45, 2.75) is 31.2 Å². The van der Waals surface area contributed by atoms with E-state index in [1.807, 2.05) is 0 Å². The summed E-state index contributed by atoms with van der Waals surface area (Å²) in [5.41, 5.74) is -1.52. The number of nitrogens with one attached hydrogen (secondary N) is 1. The Labute approximate surface area is 195 Å². The van der Waals surface area contributed by atoms with Gasteiger partial charge in [0.2, 0.25) is 0 Å². The first-order valence-electron chi connectivity index (χ1n) is 9.54. The fourth-order valence-corrected chi connectivity index (χ4v) is 5.18. The molecule has 0 aromatic heterocycles. The second-order valence-electron chi connectivity index (χ2n) is 7.76. The van der Waals surface area contributed by atoms with Gasteiger partial charge in [0.1, 0.15) is 17.5 Å². The molecule has 4 rings (SSSR count). The largest absolute Gasteiger partial charge is 0.616 e. The summed E-state index contributed by atoms with van der Waals surface area (Å²) in [5, 5.41) is 6.63. The van der Waals surface area contributed by atoms with Crippen molar-refractivity contribution in [3.63, 3.8) is 0 Å². The predicted octanol–water partition coefficient (Wildman–Crippen LogP) is 4.74. The van der Waals surface area contributed by atoms with Crippen molar-refractivity contribution in [1.29, 1.82) is 0 Å². The van der Waals surface area contributed by atoms with Crippen molar-refractivity contribution in [2.75, 3.05) is 11.5 Å². The number of alkyl halides is 3.